The molecule has 4 N–H and O–H groups in total. The molecule has 0 aromatic heterocycles. The minimum Gasteiger partial charge on any atom is -1.00 e. The van der Waals surface area contributed by atoms with Gasteiger partial charge in [-0.15, -0.1) is 0 Å². The zero-order chi connectivity index (χ0) is 8.36. The molecule has 0 bridgehead atoms. The quantitative estimate of drug-likeness (QED) is 0.413. The van der Waals surface area contributed by atoms with Crippen LogP contribution in [0.25, 0.3) is 0 Å². The Morgan fingerprint density at radius 1 is 1.00 bits per heavy atom. The van der Waals surface area contributed by atoms with Gasteiger partial charge in [0.2, 0.25) is 0 Å². The number of hydrogen-bond acceptors (Lipinski definition) is 3. The van der Waals surface area contributed by atoms with Crippen LogP contribution < -0.4 is 41.2 Å². The minimum atomic E-state index is 0. The SMILES string of the molecule is C1CNCCN1.CCCCN.[Cl-].[Cl-].[Pt+2]. The summed E-state index contributed by atoms with van der Waals surface area (Å²) in [6, 6.07) is 0. The molecule has 1 fully saturated rings. The summed E-state index contributed by atoms with van der Waals surface area (Å²) in [4.78, 5) is 0. The minimum absolute atomic E-state index is 0. The molecule has 3 nitrogen and oxygen atoms in total. The molecule has 92 valence electrons. The van der Waals surface area contributed by atoms with Crippen molar-refractivity contribution in [2.24, 2.45) is 5.73 Å². The van der Waals surface area contributed by atoms with Crippen molar-refractivity contribution >= 4 is 0 Å². The van der Waals surface area contributed by atoms with Crippen LogP contribution in [-0.2, 0) is 21.1 Å². The van der Waals surface area contributed by atoms with E-state index in [2.05, 4.69) is 17.6 Å². The van der Waals surface area contributed by atoms with Gasteiger partial charge >= 0.3 is 21.1 Å². The van der Waals surface area contributed by atoms with E-state index in [0.29, 0.717) is 0 Å². The van der Waals surface area contributed by atoms with Gasteiger partial charge in [-0.2, -0.15) is 0 Å². The molecule has 1 aliphatic rings. The van der Waals surface area contributed by atoms with Gasteiger partial charge in [-0.25, -0.2) is 0 Å². The molecule has 1 heterocycles. The molecule has 0 unspecified atom stereocenters. The fourth-order valence-electron chi connectivity index (χ4n) is 0.808. The predicted octanol–water partition coefficient (Wildman–Crippen LogP) is -6.07. The van der Waals surface area contributed by atoms with Crippen LogP contribution in [0.3, 0.4) is 0 Å². The maximum Gasteiger partial charge on any atom is 2.00 e. The first kappa shape index (κ1) is 24.4. The summed E-state index contributed by atoms with van der Waals surface area (Å²) in [7, 11) is 0. The molecular weight excluding hydrogens is 404 g/mol. The fourth-order valence-corrected chi connectivity index (χ4v) is 0.808. The van der Waals surface area contributed by atoms with Crippen molar-refractivity contribution in [1.82, 2.24) is 10.6 Å². The Morgan fingerprint density at radius 2 is 1.36 bits per heavy atom. The van der Waals surface area contributed by atoms with Crippen LogP contribution in [0.2, 0.25) is 0 Å². The second-order valence-corrected chi connectivity index (χ2v) is 2.64. The van der Waals surface area contributed by atoms with Gasteiger partial charge in [-0.05, 0) is 13.0 Å². The number of rotatable bonds is 2. The summed E-state index contributed by atoms with van der Waals surface area (Å²) >= 11 is 0. The summed E-state index contributed by atoms with van der Waals surface area (Å²) in [6.45, 7) is 7.53. The smallest absolute Gasteiger partial charge is 1.00 e. The van der Waals surface area contributed by atoms with Crippen molar-refractivity contribution < 1.29 is 45.9 Å². The Morgan fingerprint density at radius 3 is 1.43 bits per heavy atom. The van der Waals surface area contributed by atoms with Crippen LogP contribution in [0.15, 0.2) is 0 Å². The van der Waals surface area contributed by atoms with Crippen molar-refractivity contribution in [3.8, 4) is 0 Å². The number of halogens is 2. The van der Waals surface area contributed by atoms with Crippen LogP contribution >= 0.6 is 0 Å². The van der Waals surface area contributed by atoms with Crippen LogP contribution in [0, 0.1) is 0 Å². The molecule has 0 aromatic rings. The number of unbranched alkanes of at least 4 members (excludes halogenated alkanes) is 1. The first-order valence-electron chi connectivity index (χ1n) is 4.53. The zero-order valence-corrected chi connectivity index (χ0v) is 12.4. The summed E-state index contributed by atoms with van der Waals surface area (Å²) in [5.74, 6) is 0. The molecule has 0 spiro atoms. The molecule has 0 aromatic carbocycles. The van der Waals surface area contributed by atoms with Gasteiger partial charge in [0.1, 0.15) is 0 Å². The van der Waals surface area contributed by atoms with Crippen molar-refractivity contribution in [1.29, 1.82) is 0 Å². The van der Waals surface area contributed by atoms with E-state index >= 15 is 0 Å². The van der Waals surface area contributed by atoms with E-state index in [0.717, 1.165) is 32.7 Å². The van der Waals surface area contributed by atoms with Gasteiger partial charge in [0.25, 0.3) is 0 Å². The number of nitrogens with one attached hydrogen (secondary N) is 2. The first-order chi connectivity index (χ1) is 5.41. The topological polar surface area (TPSA) is 50.1 Å². The second-order valence-electron chi connectivity index (χ2n) is 2.64. The van der Waals surface area contributed by atoms with E-state index in [1.165, 1.54) is 12.8 Å². The Kier molecular flexibility index (Phi) is 41.4. The molecule has 6 heteroatoms. The van der Waals surface area contributed by atoms with E-state index in [9.17, 15) is 0 Å². The molecule has 0 radical (unpaired) electrons. The van der Waals surface area contributed by atoms with Crippen molar-refractivity contribution in [2.75, 3.05) is 32.7 Å². The second kappa shape index (κ2) is 23.7. The summed E-state index contributed by atoms with van der Waals surface area (Å²) in [5, 5.41) is 6.44. The molecule has 0 aliphatic carbocycles. The fraction of sp³-hybridized carbons (Fsp3) is 1.00. The largest absolute Gasteiger partial charge is 2.00 e. The average Bonchev–Trinajstić information content (AvgIpc) is 2.10. The van der Waals surface area contributed by atoms with Crippen LogP contribution in [0.4, 0.5) is 0 Å². The van der Waals surface area contributed by atoms with Crippen molar-refractivity contribution in [3.63, 3.8) is 0 Å². The third kappa shape index (κ3) is 23.2. The molecule has 14 heavy (non-hydrogen) atoms. The van der Waals surface area contributed by atoms with Crippen molar-refractivity contribution in [3.05, 3.63) is 0 Å². The molecule has 1 saturated heterocycles. The maximum atomic E-state index is 5.14. The summed E-state index contributed by atoms with van der Waals surface area (Å²) in [5.41, 5.74) is 5.14. The van der Waals surface area contributed by atoms with Gasteiger partial charge in [0, 0.05) is 26.2 Å². The van der Waals surface area contributed by atoms with Gasteiger partial charge < -0.3 is 41.2 Å². The van der Waals surface area contributed by atoms with E-state index in [-0.39, 0.29) is 45.9 Å². The third-order valence-electron chi connectivity index (χ3n) is 1.51. The molecule has 0 saturated carbocycles. The van der Waals surface area contributed by atoms with Crippen LogP contribution in [0.1, 0.15) is 19.8 Å². The van der Waals surface area contributed by atoms with E-state index in [4.69, 9.17) is 5.73 Å². The Balaban J connectivity index is -0.0000000597. The first-order valence-corrected chi connectivity index (χ1v) is 4.53. The maximum absolute atomic E-state index is 5.14. The van der Waals surface area contributed by atoms with E-state index in [1.807, 2.05) is 0 Å². The van der Waals surface area contributed by atoms with Gasteiger partial charge in [-0.3, -0.25) is 0 Å². The summed E-state index contributed by atoms with van der Waals surface area (Å²) in [6.07, 6.45) is 2.39. The average molecular weight is 425 g/mol. The standard InChI is InChI=1S/C4H10N2.C4H11N.2ClH.Pt/c1-2-6-4-3-5-1;1-2-3-4-5;;;/h5-6H,1-4H2;2-5H2,1H3;2*1H;/q;;;;+2/p-2. The third-order valence-corrected chi connectivity index (χ3v) is 1.51. The summed E-state index contributed by atoms with van der Waals surface area (Å²) < 4.78 is 0. The van der Waals surface area contributed by atoms with Crippen LogP contribution in [-0.4, -0.2) is 32.7 Å². The molecular formula is C8H21Cl2N3Pt. The van der Waals surface area contributed by atoms with Gasteiger partial charge in [0.05, 0.1) is 0 Å². The Bertz CT molecular complexity index is 62.1. The van der Waals surface area contributed by atoms with E-state index < -0.39 is 0 Å². The van der Waals surface area contributed by atoms with Crippen LogP contribution in [0.5, 0.6) is 0 Å². The van der Waals surface area contributed by atoms with Gasteiger partial charge in [0.15, 0.2) is 0 Å². The molecule has 0 atom stereocenters. The Labute approximate surface area is 114 Å². The molecule has 1 rings (SSSR count). The molecule has 1 aliphatic heterocycles. The predicted molar refractivity (Wildman–Crippen MR) is 49.7 cm³/mol. The number of nitrogens with two attached hydrogens (primary N) is 1. The van der Waals surface area contributed by atoms with Crippen molar-refractivity contribution in [2.45, 2.75) is 19.8 Å². The zero-order valence-electron chi connectivity index (χ0n) is 8.60. The molecule has 0 amide bonds. The normalized spacial score (nSPS) is 13.3. The van der Waals surface area contributed by atoms with Gasteiger partial charge in [-0.1, -0.05) is 13.3 Å². The monoisotopic (exact) mass is 424 g/mol. The number of piperazine rings is 1. The Hall–Kier alpha value is 1.15. The number of hydrogen-bond donors (Lipinski definition) is 3. The van der Waals surface area contributed by atoms with E-state index in [1.54, 1.807) is 0 Å².